The van der Waals surface area contributed by atoms with E-state index in [0.717, 1.165) is 11.1 Å². The van der Waals surface area contributed by atoms with Gasteiger partial charge in [-0.05, 0) is 36.6 Å². The van der Waals surface area contributed by atoms with E-state index in [4.69, 9.17) is 10.3 Å². The smallest absolute Gasteiger partial charge is 0.267 e. The summed E-state index contributed by atoms with van der Waals surface area (Å²) < 4.78 is 29.9. The van der Waals surface area contributed by atoms with Crippen molar-refractivity contribution in [3.63, 3.8) is 0 Å². The predicted molar refractivity (Wildman–Crippen MR) is 66.5 cm³/mol. The maximum Gasteiger partial charge on any atom is 0.267 e. The predicted octanol–water partition coefficient (Wildman–Crippen LogP) is 0.677. The number of nitrogen functional groups attached to an aromatic ring is 1. The molecule has 1 atom stereocenters. The van der Waals surface area contributed by atoms with Crippen molar-refractivity contribution < 1.29 is 18.1 Å². The first kappa shape index (κ1) is 14.0. The van der Waals surface area contributed by atoms with Crippen LogP contribution in [0.15, 0.2) is 12.1 Å². The number of hydrogen-bond acceptors (Lipinski definition) is 4. The van der Waals surface area contributed by atoms with Gasteiger partial charge in [-0.2, -0.15) is 8.42 Å². The van der Waals surface area contributed by atoms with Gasteiger partial charge >= 0.3 is 0 Å². The third-order valence-corrected chi connectivity index (χ3v) is 3.30. The zero-order chi connectivity index (χ0) is 13.2. The quantitative estimate of drug-likeness (QED) is 0.545. The normalized spacial score (nSPS) is 13.6. The van der Waals surface area contributed by atoms with E-state index in [9.17, 15) is 13.5 Å². The first-order valence-corrected chi connectivity index (χ1v) is 6.79. The molecule has 0 radical (unpaired) electrons. The second-order valence-electron chi connectivity index (χ2n) is 4.26. The Morgan fingerprint density at radius 2 is 1.94 bits per heavy atom. The lowest BCUT2D eigenvalue weighted by Gasteiger charge is -2.14. The van der Waals surface area contributed by atoms with Crippen molar-refractivity contribution in [2.24, 2.45) is 0 Å². The Hall–Kier alpha value is -1.11. The summed E-state index contributed by atoms with van der Waals surface area (Å²) >= 11 is 0. The second-order valence-corrected chi connectivity index (χ2v) is 5.75. The maximum absolute atomic E-state index is 10.6. The van der Waals surface area contributed by atoms with Crippen LogP contribution in [0.25, 0.3) is 0 Å². The number of hydrogen-bond donors (Lipinski definition) is 3. The first-order chi connectivity index (χ1) is 7.69. The van der Waals surface area contributed by atoms with Gasteiger partial charge < -0.3 is 10.8 Å². The van der Waals surface area contributed by atoms with E-state index in [0.29, 0.717) is 11.3 Å². The van der Waals surface area contributed by atoms with Crippen LogP contribution < -0.4 is 5.73 Å². The van der Waals surface area contributed by atoms with Gasteiger partial charge in [-0.25, -0.2) is 0 Å². The molecule has 0 bridgehead atoms. The largest absolute Gasteiger partial charge is 0.398 e. The fraction of sp³-hybridized carbons (Fsp3) is 0.455. The van der Waals surface area contributed by atoms with Gasteiger partial charge in [0.2, 0.25) is 0 Å². The summed E-state index contributed by atoms with van der Waals surface area (Å²) in [6.45, 7) is 3.75. The zero-order valence-corrected chi connectivity index (χ0v) is 10.7. The SMILES string of the molecule is Cc1cc(C)c(CC(O)CS(=O)(=O)O)c(N)c1. The summed E-state index contributed by atoms with van der Waals surface area (Å²) in [5, 5.41) is 9.56. The van der Waals surface area contributed by atoms with Crippen molar-refractivity contribution in [2.45, 2.75) is 26.4 Å². The molecular weight excluding hydrogens is 242 g/mol. The number of aliphatic hydroxyl groups excluding tert-OH is 1. The Kier molecular flexibility index (Phi) is 4.13. The molecule has 0 aliphatic carbocycles. The molecule has 0 aromatic heterocycles. The van der Waals surface area contributed by atoms with Crippen LogP contribution in [-0.2, 0) is 16.5 Å². The lowest BCUT2D eigenvalue weighted by molar-refractivity contribution is 0.195. The van der Waals surface area contributed by atoms with Crippen LogP contribution in [0, 0.1) is 13.8 Å². The average molecular weight is 259 g/mol. The highest BCUT2D eigenvalue weighted by atomic mass is 32.2. The van der Waals surface area contributed by atoms with Gasteiger partial charge in [-0.3, -0.25) is 4.55 Å². The molecule has 1 unspecified atom stereocenters. The molecule has 0 saturated heterocycles. The van der Waals surface area contributed by atoms with Crippen molar-refractivity contribution in [1.29, 1.82) is 0 Å². The Balaban J connectivity index is 2.89. The summed E-state index contributed by atoms with van der Waals surface area (Å²) in [6.07, 6.45) is -1.05. The van der Waals surface area contributed by atoms with E-state index in [1.807, 2.05) is 19.9 Å². The highest BCUT2D eigenvalue weighted by molar-refractivity contribution is 7.85. The van der Waals surface area contributed by atoms with Gasteiger partial charge in [0.25, 0.3) is 10.1 Å². The fourth-order valence-electron chi connectivity index (χ4n) is 1.85. The molecule has 4 N–H and O–H groups in total. The molecular formula is C11H17NO4S. The Labute approximate surface area is 101 Å². The van der Waals surface area contributed by atoms with Crippen molar-refractivity contribution in [3.8, 4) is 0 Å². The van der Waals surface area contributed by atoms with Crippen LogP contribution in [0.2, 0.25) is 0 Å². The van der Waals surface area contributed by atoms with Crippen molar-refractivity contribution in [1.82, 2.24) is 0 Å². The van der Waals surface area contributed by atoms with Gasteiger partial charge in [0.1, 0.15) is 5.75 Å². The molecule has 1 rings (SSSR count). The molecule has 6 heteroatoms. The minimum Gasteiger partial charge on any atom is -0.398 e. The van der Waals surface area contributed by atoms with Crippen LogP contribution in [-0.4, -0.2) is 29.9 Å². The van der Waals surface area contributed by atoms with E-state index in [1.165, 1.54) is 0 Å². The summed E-state index contributed by atoms with van der Waals surface area (Å²) in [6, 6.07) is 3.67. The zero-order valence-electron chi connectivity index (χ0n) is 9.84. The van der Waals surface area contributed by atoms with Crippen LogP contribution in [0.5, 0.6) is 0 Å². The minimum atomic E-state index is -4.17. The third kappa shape index (κ3) is 4.33. The van der Waals surface area contributed by atoms with Crippen LogP contribution in [0.3, 0.4) is 0 Å². The number of aliphatic hydroxyl groups is 1. The standard InChI is InChI=1S/C11H17NO4S/c1-7-3-8(2)10(11(12)4-7)5-9(13)6-17(14,15)16/h3-4,9,13H,5-6,12H2,1-2H3,(H,14,15,16). The molecule has 0 aliphatic heterocycles. The van der Waals surface area contributed by atoms with Crippen molar-refractivity contribution in [3.05, 3.63) is 28.8 Å². The number of benzene rings is 1. The summed E-state index contributed by atoms with van der Waals surface area (Å²) in [4.78, 5) is 0. The fourth-order valence-corrected chi connectivity index (χ4v) is 2.45. The van der Waals surface area contributed by atoms with Gasteiger partial charge in [0, 0.05) is 12.1 Å². The van der Waals surface area contributed by atoms with E-state index < -0.39 is 22.0 Å². The maximum atomic E-state index is 10.6. The molecule has 17 heavy (non-hydrogen) atoms. The summed E-state index contributed by atoms with van der Waals surface area (Å²) in [7, 11) is -4.17. The summed E-state index contributed by atoms with van der Waals surface area (Å²) in [5.41, 5.74) is 8.96. The van der Waals surface area contributed by atoms with Crippen molar-refractivity contribution >= 4 is 15.8 Å². The molecule has 1 aromatic carbocycles. The van der Waals surface area contributed by atoms with Gasteiger partial charge in [0.15, 0.2) is 0 Å². The highest BCUT2D eigenvalue weighted by Gasteiger charge is 2.17. The second kappa shape index (κ2) is 5.03. The van der Waals surface area contributed by atoms with Gasteiger partial charge in [-0.1, -0.05) is 6.07 Å². The molecule has 0 amide bonds. The number of rotatable bonds is 4. The van der Waals surface area contributed by atoms with Crippen LogP contribution >= 0.6 is 0 Å². The molecule has 1 aromatic rings. The molecule has 96 valence electrons. The summed E-state index contributed by atoms with van der Waals surface area (Å²) in [5.74, 6) is -0.681. The van der Waals surface area contributed by atoms with Gasteiger partial charge in [0.05, 0.1) is 6.10 Å². The number of nitrogens with two attached hydrogens (primary N) is 1. The van der Waals surface area contributed by atoms with E-state index in [1.54, 1.807) is 6.07 Å². The monoisotopic (exact) mass is 259 g/mol. The minimum absolute atomic E-state index is 0.109. The first-order valence-electron chi connectivity index (χ1n) is 5.18. The Bertz CT molecular complexity index is 487. The lowest BCUT2D eigenvalue weighted by Crippen LogP contribution is -2.23. The molecule has 0 heterocycles. The van der Waals surface area contributed by atoms with Crippen molar-refractivity contribution in [2.75, 3.05) is 11.5 Å². The van der Waals surface area contributed by atoms with E-state index in [2.05, 4.69) is 0 Å². The van der Waals surface area contributed by atoms with Gasteiger partial charge in [-0.15, -0.1) is 0 Å². The van der Waals surface area contributed by atoms with E-state index >= 15 is 0 Å². The number of aryl methyl sites for hydroxylation is 2. The Morgan fingerprint density at radius 1 is 1.35 bits per heavy atom. The third-order valence-electron chi connectivity index (χ3n) is 2.49. The van der Waals surface area contributed by atoms with E-state index in [-0.39, 0.29) is 6.42 Å². The molecule has 0 fully saturated rings. The topological polar surface area (TPSA) is 101 Å². The van der Waals surface area contributed by atoms with Crippen LogP contribution in [0.1, 0.15) is 16.7 Å². The highest BCUT2D eigenvalue weighted by Crippen LogP contribution is 2.21. The lowest BCUT2D eigenvalue weighted by atomic mass is 9.99. The molecule has 5 nitrogen and oxygen atoms in total. The number of anilines is 1. The molecule has 0 aliphatic rings. The Morgan fingerprint density at radius 3 is 2.41 bits per heavy atom. The van der Waals surface area contributed by atoms with Crippen LogP contribution in [0.4, 0.5) is 5.69 Å². The average Bonchev–Trinajstić information content (AvgIpc) is 2.08. The molecule has 0 saturated carbocycles. The molecule has 0 spiro atoms.